The fraction of sp³-hybridized carbons (Fsp3) is 0.700. The minimum absolute atomic E-state index is 0.0392. The molecule has 74 valence electrons. The molecule has 0 radical (unpaired) electrons. The van der Waals surface area contributed by atoms with Gasteiger partial charge in [-0.1, -0.05) is 32.5 Å². The van der Waals surface area contributed by atoms with Crippen LogP contribution in [-0.4, -0.2) is 14.1 Å². The SMILES string of the molecule is C=C(C)C(=O)N[Si](C)(C)CC1CC1. The Morgan fingerprint density at radius 1 is 1.54 bits per heavy atom. The molecule has 0 aromatic carbocycles. The number of rotatable bonds is 4. The summed E-state index contributed by atoms with van der Waals surface area (Å²) in [4.78, 5) is 14.5. The Morgan fingerprint density at radius 2 is 2.08 bits per heavy atom. The second kappa shape index (κ2) is 3.66. The number of amides is 1. The predicted octanol–water partition coefficient (Wildman–Crippen LogP) is 2.29. The van der Waals surface area contributed by atoms with Gasteiger partial charge in [0.2, 0.25) is 5.91 Å². The van der Waals surface area contributed by atoms with Crippen molar-refractivity contribution in [2.45, 2.75) is 38.9 Å². The topological polar surface area (TPSA) is 29.1 Å². The molecule has 0 atom stereocenters. The molecule has 2 nitrogen and oxygen atoms in total. The Labute approximate surface area is 81.5 Å². The fourth-order valence-electron chi connectivity index (χ4n) is 1.51. The normalized spacial score (nSPS) is 16.8. The molecule has 0 unspecified atom stereocenters. The fourth-order valence-corrected chi connectivity index (χ4v) is 4.29. The van der Waals surface area contributed by atoms with E-state index < -0.39 is 8.24 Å². The minimum Gasteiger partial charge on any atom is -0.378 e. The number of nitrogens with one attached hydrogen (secondary N) is 1. The van der Waals surface area contributed by atoms with Crippen molar-refractivity contribution in [3.05, 3.63) is 12.2 Å². The summed E-state index contributed by atoms with van der Waals surface area (Å²) in [5.74, 6) is 0.935. The number of hydrogen-bond donors (Lipinski definition) is 1. The molecule has 1 aliphatic carbocycles. The van der Waals surface area contributed by atoms with E-state index >= 15 is 0 Å². The van der Waals surface area contributed by atoms with Gasteiger partial charge in [-0.05, 0) is 18.9 Å². The molecule has 0 spiro atoms. The lowest BCUT2D eigenvalue weighted by Gasteiger charge is -2.23. The third-order valence-corrected chi connectivity index (χ3v) is 4.84. The van der Waals surface area contributed by atoms with Crippen molar-refractivity contribution in [1.29, 1.82) is 0 Å². The van der Waals surface area contributed by atoms with Crippen LogP contribution in [0.5, 0.6) is 0 Å². The van der Waals surface area contributed by atoms with Gasteiger partial charge < -0.3 is 4.98 Å². The van der Waals surface area contributed by atoms with Crippen molar-refractivity contribution >= 4 is 14.1 Å². The first kappa shape index (κ1) is 10.5. The summed E-state index contributed by atoms with van der Waals surface area (Å²) in [6.07, 6.45) is 2.72. The van der Waals surface area contributed by atoms with Gasteiger partial charge in [0.05, 0.1) is 0 Å². The molecular weight excluding hydrogens is 178 g/mol. The van der Waals surface area contributed by atoms with Crippen LogP contribution in [0.1, 0.15) is 19.8 Å². The quantitative estimate of drug-likeness (QED) is 0.544. The monoisotopic (exact) mass is 197 g/mol. The molecule has 0 aliphatic heterocycles. The van der Waals surface area contributed by atoms with Crippen LogP contribution in [0.25, 0.3) is 0 Å². The van der Waals surface area contributed by atoms with Crippen LogP contribution in [0.3, 0.4) is 0 Å². The van der Waals surface area contributed by atoms with Gasteiger partial charge in [-0.2, -0.15) is 0 Å². The highest BCUT2D eigenvalue weighted by Crippen LogP contribution is 2.36. The smallest absolute Gasteiger partial charge is 0.238 e. The molecule has 1 N–H and O–H groups in total. The number of carbonyl (C=O) groups excluding carboxylic acids is 1. The van der Waals surface area contributed by atoms with Crippen molar-refractivity contribution in [3.8, 4) is 0 Å². The maximum atomic E-state index is 11.4. The van der Waals surface area contributed by atoms with E-state index in [1.54, 1.807) is 6.92 Å². The van der Waals surface area contributed by atoms with Crippen molar-refractivity contribution < 1.29 is 4.79 Å². The van der Waals surface area contributed by atoms with E-state index in [2.05, 4.69) is 24.7 Å². The molecule has 0 bridgehead atoms. The van der Waals surface area contributed by atoms with Gasteiger partial charge in [0.15, 0.2) is 8.24 Å². The highest BCUT2D eigenvalue weighted by atomic mass is 28.3. The van der Waals surface area contributed by atoms with Gasteiger partial charge in [0, 0.05) is 5.57 Å². The zero-order valence-electron chi connectivity index (χ0n) is 8.81. The molecule has 0 heterocycles. The Hall–Kier alpha value is -0.573. The summed E-state index contributed by atoms with van der Waals surface area (Å²) >= 11 is 0. The molecular formula is C10H19NOSi. The van der Waals surface area contributed by atoms with Gasteiger partial charge in [-0.3, -0.25) is 4.79 Å². The average molecular weight is 197 g/mol. The highest BCUT2D eigenvalue weighted by Gasteiger charge is 2.32. The zero-order chi connectivity index (χ0) is 10.1. The maximum absolute atomic E-state index is 11.4. The van der Waals surface area contributed by atoms with Crippen molar-refractivity contribution in [2.24, 2.45) is 5.92 Å². The lowest BCUT2D eigenvalue weighted by Crippen LogP contribution is -2.48. The van der Waals surface area contributed by atoms with Crippen LogP contribution in [0, 0.1) is 5.92 Å². The average Bonchev–Trinajstić information content (AvgIpc) is 2.69. The summed E-state index contributed by atoms with van der Waals surface area (Å²) in [6.45, 7) is 9.83. The molecule has 1 saturated carbocycles. The first-order valence-electron chi connectivity index (χ1n) is 4.89. The summed E-state index contributed by atoms with van der Waals surface area (Å²) in [5, 5.41) is 0. The molecule has 1 rings (SSSR count). The van der Waals surface area contributed by atoms with E-state index in [1.165, 1.54) is 18.9 Å². The minimum atomic E-state index is -1.49. The first-order valence-corrected chi connectivity index (χ1v) is 8.09. The lowest BCUT2D eigenvalue weighted by atomic mass is 10.3. The molecule has 1 fully saturated rings. The molecule has 0 aromatic heterocycles. The summed E-state index contributed by atoms with van der Waals surface area (Å²) in [6, 6.07) is 1.23. The predicted molar refractivity (Wildman–Crippen MR) is 58.0 cm³/mol. The van der Waals surface area contributed by atoms with E-state index in [9.17, 15) is 4.79 Å². The standard InChI is InChI=1S/C10H19NOSi/c1-8(2)10(12)11-13(3,4)7-9-5-6-9/h9H,1,5-7H2,2-4H3,(H,11,12). The van der Waals surface area contributed by atoms with E-state index in [0.29, 0.717) is 5.57 Å². The first-order chi connectivity index (χ1) is 5.91. The van der Waals surface area contributed by atoms with Gasteiger partial charge in [-0.15, -0.1) is 0 Å². The van der Waals surface area contributed by atoms with Crippen molar-refractivity contribution in [3.63, 3.8) is 0 Å². The Bertz CT molecular complexity index is 231. The molecule has 0 saturated heterocycles. The number of hydrogen-bond acceptors (Lipinski definition) is 1. The van der Waals surface area contributed by atoms with E-state index in [-0.39, 0.29) is 5.91 Å². The Kier molecular flexibility index (Phi) is 2.96. The van der Waals surface area contributed by atoms with E-state index in [4.69, 9.17) is 0 Å². The maximum Gasteiger partial charge on any atom is 0.238 e. The lowest BCUT2D eigenvalue weighted by molar-refractivity contribution is -0.116. The molecule has 0 aromatic rings. The Morgan fingerprint density at radius 3 is 2.46 bits per heavy atom. The van der Waals surface area contributed by atoms with E-state index in [1.807, 2.05) is 0 Å². The molecule has 1 aliphatic rings. The van der Waals surface area contributed by atoms with Crippen LogP contribution >= 0.6 is 0 Å². The molecule has 13 heavy (non-hydrogen) atoms. The van der Waals surface area contributed by atoms with Crippen LogP contribution in [0.4, 0.5) is 0 Å². The van der Waals surface area contributed by atoms with Gasteiger partial charge in [-0.25, -0.2) is 0 Å². The van der Waals surface area contributed by atoms with Crippen LogP contribution in [0.2, 0.25) is 19.1 Å². The summed E-state index contributed by atoms with van der Waals surface area (Å²) < 4.78 is 0. The van der Waals surface area contributed by atoms with E-state index in [0.717, 1.165) is 5.92 Å². The largest absolute Gasteiger partial charge is 0.378 e. The number of carbonyl (C=O) groups is 1. The summed E-state index contributed by atoms with van der Waals surface area (Å²) in [5.41, 5.74) is 0.622. The highest BCUT2D eigenvalue weighted by molar-refractivity contribution is 6.77. The third kappa shape index (κ3) is 3.76. The van der Waals surface area contributed by atoms with Crippen molar-refractivity contribution in [2.75, 3.05) is 0 Å². The second-order valence-corrected chi connectivity index (χ2v) is 9.19. The molecule has 1 amide bonds. The zero-order valence-corrected chi connectivity index (χ0v) is 9.81. The summed E-state index contributed by atoms with van der Waals surface area (Å²) in [7, 11) is -1.49. The molecule has 3 heteroatoms. The third-order valence-electron chi connectivity index (χ3n) is 2.34. The van der Waals surface area contributed by atoms with Gasteiger partial charge >= 0.3 is 0 Å². The van der Waals surface area contributed by atoms with Crippen LogP contribution in [0.15, 0.2) is 12.2 Å². The van der Waals surface area contributed by atoms with Crippen LogP contribution < -0.4 is 4.98 Å². The van der Waals surface area contributed by atoms with Gasteiger partial charge in [0.25, 0.3) is 0 Å². The second-order valence-electron chi connectivity index (χ2n) is 4.77. The van der Waals surface area contributed by atoms with Gasteiger partial charge in [0.1, 0.15) is 0 Å². The Balaban J connectivity index is 2.39. The van der Waals surface area contributed by atoms with Crippen LogP contribution in [-0.2, 0) is 4.79 Å². The van der Waals surface area contributed by atoms with Crippen molar-refractivity contribution in [1.82, 2.24) is 4.98 Å².